The number of halogens is 1. The summed E-state index contributed by atoms with van der Waals surface area (Å²) < 4.78 is 1.96. The van der Waals surface area contributed by atoms with E-state index in [0.717, 1.165) is 16.8 Å². The fraction of sp³-hybridized carbons (Fsp3) is 0.0714. The molecule has 3 rings (SSSR count). The third-order valence-corrected chi connectivity index (χ3v) is 3.16. The van der Waals surface area contributed by atoms with Gasteiger partial charge in [0.1, 0.15) is 0 Å². The van der Waals surface area contributed by atoms with E-state index in [1.165, 1.54) is 0 Å². The molecule has 1 aromatic heterocycles. The third-order valence-electron chi connectivity index (χ3n) is 2.91. The number of allylic oxidation sites excluding steroid dienone is 1. The van der Waals surface area contributed by atoms with E-state index in [0.29, 0.717) is 11.6 Å². The van der Waals surface area contributed by atoms with Crippen LogP contribution in [-0.4, -0.2) is 10.4 Å². The minimum absolute atomic E-state index is 0.116. The second-order valence-corrected chi connectivity index (χ2v) is 4.51. The zero-order valence-corrected chi connectivity index (χ0v) is 9.82. The predicted octanol–water partition coefficient (Wildman–Crippen LogP) is 3.42. The van der Waals surface area contributed by atoms with Crippen LogP contribution >= 0.6 is 11.6 Å². The SMILES string of the molecule is O=C1/C(=C/c2ccc(Cl)cc2)Cn2cccc21. The summed E-state index contributed by atoms with van der Waals surface area (Å²) in [7, 11) is 0. The Bertz CT molecular complexity index is 607. The van der Waals surface area contributed by atoms with E-state index >= 15 is 0 Å². The molecule has 2 heterocycles. The molecule has 17 heavy (non-hydrogen) atoms. The lowest BCUT2D eigenvalue weighted by atomic mass is 10.1. The smallest absolute Gasteiger partial charge is 0.207 e. The number of carbonyl (C=O) groups is 1. The molecule has 0 radical (unpaired) electrons. The Morgan fingerprint density at radius 2 is 1.94 bits per heavy atom. The molecular formula is C14H10ClNO. The molecule has 0 aliphatic carbocycles. The van der Waals surface area contributed by atoms with E-state index in [-0.39, 0.29) is 5.78 Å². The van der Waals surface area contributed by atoms with Crippen molar-refractivity contribution in [1.29, 1.82) is 0 Å². The minimum atomic E-state index is 0.116. The van der Waals surface area contributed by atoms with E-state index in [2.05, 4.69) is 0 Å². The zero-order valence-electron chi connectivity index (χ0n) is 9.06. The van der Waals surface area contributed by atoms with E-state index in [1.807, 2.05) is 53.2 Å². The van der Waals surface area contributed by atoms with Gasteiger partial charge < -0.3 is 4.57 Å². The summed E-state index contributed by atoms with van der Waals surface area (Å²) in [4.78, 5) is 12.0. The molecule has 3 heteroatoms. The highest BCUT2D eigenvalue weighted by atomic mass is 35.5. The molecular weight excluding hydrogens is 234 g/mol. The topological polar surface area (TPSA) is 22.0 Å². The number of rotatable bonds is 1. The Kier molecular flexibility index (Phi) is 2.37. The standard InChI is InChI=1S/C14H10ClNO/c15-12-5-3-10(4-6-12)8-11-9-16-7-1-2-13(16)14(11)17/h1-8H,9H2/b11-8+. The van der Waals surface area contributed by atoms with Gasteiger partial charge in [0.2, 0.25) is 5.78 Å². The highest BCUT2D eigenvalue weighted by Crippen LogP contribution is 2.23. The number of ketones is 1. The average Bonchev–Trinajstić information content (AvgIpc) is 2.87. The van der Waals surface area contributed by atoms with Gasteiger partial charge in [-0.25, -0.2) is 0 Å². The number of hydrogen-bond donors (Lipinski definition) is 0. The van der Waals surface area contributed by atoms with E-state index in [4.69, 9.17) is 11.6 Å². The fourth-order valence-electron chi connectivity index (χ4n) is 2.05. The van der Waals surface area contributed by atoms with Gasteiger partial charge in [-0.15, -0.1) is 0 Å². The minimum Gasteiger partial charge on any atom is -0.340 e. The van der Waals surface area contributed by atoms with Gasteiger partial charge in [0, 0.05) is 16.8 Å². The number of benzene rings is 1. The van der Waals surface area contributed by atoms with Crippen LogP contribution in [-0.2, 0) is 6.54 Å². The van der Waals surface area contributed by atoms with Crippen molar-refractivity contribution in [2.24, 2.45) is 0 Å². The Morgan fingerprint density at radius 3 is 2.65 bits per heavy atom. The predicted molar refractivity (Wildman–Crippen MR) is 68.2 cm³/mol. The van der Waals surface area contributed by atoms with Gasteiger partial charge >= 0.3 is 0 Å². The van der Waals surface area contributed by atoms with Crippen molar-refractivity contribution in [2.45, 2.75) is 6.54 Å². The summed E-state index contributed by atoms with van der Waals surface area (Å²) in [6, 6.07) is 11.2. The Hall–Kier alpha value is -1.80. The van der Waals surface area contributed by atoms with Crippen molar-refractivity contribution in [3.05, 3.63) is 64.4 Å². The lowest BCUT2D eigenvalue weighted by Crippen LogP contribution is -1.94. The highest BCUT2D eigenvalue weighted by molar-refractivity contribution is 6.30. The normalized spacial score (nSPS) is 16.5. The van der Waals surface area contributed by atoms with Gasteiger partial charge in [-0.1, -0.05) is 23.7 Å². The van der Waals surface area contributed by atoms with E-state index in [9.17, 15) is 4.79 Å². The maximum atomic E-state index is 12.0. The number of hydrogen-bond acceptors (Lipinski definition) is 1. The van der Waals surface area contributed by atoms with Crippen LogP contribution in [0.2, 0.25) is 5.02 Å². The van der Waals surface area contributed by atoms with Crippen molar-refractivity contribution in [1.82, 2.24) is 4.57 Å². The van der Waals surface area contributed by atoms with Crippen molar-refractivity contribution < 1.29 is 4.79 Å². The van der Waals surface area contributed by atoms with Crippen LogP contribution in [0.4, 0.5) is 0 Å². The Labute approximate surface area is 104 Å². The molecule has 0 spiro atoms. The molecule has 2 nitrogen and oxygen atoms in total. The van der Waals surface area contributed by atoms with Gasteiger partial charge in [-0.05, 0) is 35.9 Å². The maximum absolute atomic E-state index is 12.0. The number of carbonyl (C=O) groups excluding carboxylic acids is 1. The summed E-state index contributed by atoms with van der Waals surface area (Å²) in [5, 5.41) is 0.705. The largest absolute Gasteiger partial charge is 0.340 e. The summed E-state index contributed by atoms with van der Waals surface area (Å²) in [5.74, 6) is 0.116. The molecule has 0 saturated heterocycles. The quantitative estimate of drug-likeness (QED) is 0.704. The van der Waals surface area contributed by atoms with E-state index < -0.39 is 0 Å². The maximum Gasteiger partial charge on any atom is 0.207 e. The molecule has 0 fully saturated rings. The third kappa shape index (κ3) is 1.81. The van der Waals surface area contributed by atoms with Crippen molar-refractivity contribution in [2.75, 3.05) is 0 Å². The number of nitrogens with zero attached hydrogens (tertiary/aromatic N) is 1. The fourth-order valence-corrected chi connectivity index (χ4v) is 2.18. The molecule has 0 amide bonds. The van der Waals surface area contributed by atoms with E-state index in [1.54, 1.807) is 0 Å². The first-order chi connectivity index (χ1) is 8.24. The Morgan fingerprint density at radius 1 is 1.18 bits per heavy atom. The van der Waals surface area contributed by atoms with Crippen LogP contribution in [0.25, 0.3) is 6.08 Å². The summed E-state index contributed by atoms with van der Waals surface area (Å²) in [5.41, 5.74) is 2.59. The summed E-state index contributed by atoms with van der Waals surface area (Å²) >= 11 is 5.82. The van der Waals surface area contributed by atoms with Gasteiger partial charge in [0.05, 0.1) is 12.2 Å². The van der Waals surface area contributed by atoms with Gasteiger partial charge in [-0.2, -0.15) is 0 Å². The molecule has 84 valence electrons. The van der Waals surface area contributed by atoms with Crippen LogP contribution in [0.1, 0.15) is 16.1 Å². The molecule has 0 unspecified atom stereocenters. The van der Waals surface area contributed by atoms with Crippen molar-refractivity contribution in [3.8, 4) is 0 Å². The number of fused-ring (bicyclic) bond motifs is 1. The van der Waals surface area contributed by atoms with Gasteiger partial charge in [0.25, 0.3) is 0 Å². The zero-order chi connectivity index (χ0) is 11.8. The molecule has 1 aliphatic heterocycles. The monoisotopic (exact) mass is 243 g/mol. The van der Waals surface area contributed by atoms with Gasteiger partial charge in [0.15, 0.2) is 0 Å². The second-order valence-electron chi connectivity index (χ2n) is 4.07. The summed E-state index contributed by atoms with van der Waals surface area (Å²) in [6.45, 7) is 0.657. The van der Waals surface area contributed by atoms with Crippen LogP contribution in [0, 0.1) is 0 Å². The lowest BCUT2D eigenvalue weighted by Gasteiger charge is -1.97. The van der Waals surface area contributed by atoms with Gasteiger partial charge in [-0.3, -0.25) is 4.79 Å². The first-order valence-electron chi connectivity index (χ1n) is 5.40. The molecule has 0 bridgehead atoms. The first-order valence-corrected chi connectivity index (χ1v) is 5.78. The number of aromatic nitrogens is 1. The summed E-state index contributed by atoms with van der Waals surface area (Å²) in [6.07, 6.45) is 3.85. The van der Waals surface area contributed by atoms with Crippen LogP contribution in [0.3, 0.4) is 0 Å². The lowest BCUT2D eigenvalue weighted by molar-refractivity contribution is 0.103. The van der Waals surface area contributed by atoms with Crippen LogP contribution in [0.5, 0.6) is 0 Å². The highest BCUT2D eigenvalue weighted by Gasteiger charge is 2.23. The molecule has 0 saturated carbocycles. The van der Waals surface area contributed by atoms with Crippen LogP contribution in [0.15, 0.2) is 48.2 Å². The average molecular weight is 244 g/mol. The molecule has 1 aromatic carbocycles. The van der Waals surface area contributed by atoms with Crippen molar-refractivity contribution >= 4 is 23.5 Å². The Balaban J connectivity index is 1.95. The van der Waals surface area contributed by atoms with Crippen LogP contribution < -0.4 is 0 Å². The molecule has 2 aromatic rings. The second kappa shape index (κ2) is 3.90. The molecule has 0 N–H and O–H groups in total. The first kappa shape index (κ1) is 10.4. The molecule has 0 atom stereocenters. The molecule has 1 aliphatic rings. The van der Waals surface area contributed by atoms with Crippen molar-refractivity contribution in [3.63, 3.8) is 0 Å². The number of Topliss-reactive ketones (excluding diaryl/α,β-unsaturated/α-hetero) is 1.